The van der Waals surface area contributed by atoms with E-state index in [4.69, 9.17) is 10.4 Å². The van der Waals surface area contributed by atoms with E-state index in [2.05, 4.69) is 4.72 Å². The van der Waals surface area contributed by atoms with Crippen molar-refractivity contribution in [1.82, 2.24) is 4.72 Å². The van der Waals surface area contributed by atoms with Crippen LogP contribution in [0.2, 0.25) is 0 Å². The van der Waals surface area contributed by atoms with E-state index in [0.29, 0.717) is 17.5 Å². The molecule has 1 aromatic rings. The van der Waals surface area contributed by atoms with Gasteiger partial charge >= 0.3 is 0 Å². The minimum Gasteiger partial charge on any atom is -0.396 e. The molecule has 2 N–H and O–H groups in total. The normalized spacial score (nSPS) is 12.1. The molecule has 1 aromatic carbocycles. The topological polar surface area (TPSA) is 90.2 Å². The SMILES string of the molecule is CC(C)(CCO)NS(=O)(=O)Cc1cccc(C#N)c1. The standard InChI is InChI=1S/C13H18N2O3S/c1-13(2,6-7-16)15-19(17,18)10-12-5-3-4-11(8-12)9-14/h3-5,8,15-16H,6-7,10H2,1-2H3. The zero-order valence-corrected chi connectivity index (χ0v) is 11.9. The maximum atomic E-state index is 12.0. The Bertz CT molecular complexity index is 574. The molecule has 0 aliphatic heterocycles. The van der Waals surface area contributed by atoms with Gasteiger partial charge in [-0.2, -0.15) is 5.26 Å². The van der Waals surface area contributed by atoms with Gasteiger partial charge in [-0.05, 0) is 38.0 Å². The van der Waals surface area contributed by atoms with Crippen molar-refractivity contribution in [2.45, 2.75) is 31.6 Å². The average Bonchev–Trinajstić information content (AvgIpc) is 2.26. The van der Waals surface area contributed by atoms with Gasteiger partial charge in [0.15, 0.2) is 0 Å². The van der Waals surface area contributed by atoms with Gasteiger partial charge < -0.3 is 5.11 Å². The highest BCUT2D eigenvalue weighted by Gasteiger charge is 2.24. The molecule has 0 aliphatic rings. The van der Waals surface area contributed by atoms with E-state index in [0.717, 1.165) is 0 Å². The number of sulfonamides is 1. The minimum absolute atomic E-state index is 0.0839. The zero-order chi connectivity index (χ0) is 14.5. The summed E-state index contributed by atoms with van der Waals surface area (Å²) < 4.78 is 26.6. The second-order valence-electron chi connectivity index (χ2n) is 5.03. The van der Waals surface area contributed by atoms with Gasteiger partial charge in [0, 0.05) is 12.1 Å². The van der Waals surface area contributed by atoms with E-state index >= 15 is 0 Å². The van der Waals surface area contributed by atoms with Crippen LogP contribution < -0.4 is 4.72 Å². The lowest BCUT2D eigenvalue weighted by molar-refractivity contribution is 0.245. The number of hydrogen-bond acceptors (Lipinski definition) is 4. The Labute approximate surface area is 113 Å². The highest BCUT2D eigenvalue weighted by atomic mass is 32.2. The smallest absolute Gasteiger partial charge is 0.216 e. The van der Waals surface area contributed by atoms with E-state index < -0.39 is 15.6 Å². The Morgan fingerprint density at radius 3 is 2.68 bits per heavy atom. The Hall–Kier alpha value is -1.42. The van der Waals surface area contributed by atoms with Crippen LogP contribution in [0.3, 0.4) is 0 Å². The van der Waals surface area contributed by atoms with Crippen LogP contribution in [-0.2, 0) is 15.8 Å². The number of benzene rings is 1. The molecule has 0 amide bonds. The number of nitrogens with one attached hydrogen (secondary N) is 1. The van der Waals surface area contributed by atoms with Gasteiger partial charge in [-0.25, -0.2) is 13.1 Å². The molecule has 0 saturated heterocycles. The maximum absolute atomic E-state index is 12.0. The molecule has 0 unspecified atom stereocenters. The molecule has 104 valence electrons. The number of rotatable bonds is 6. The van der Waals surface area contributed by atoms with Gasteiger partial charge in [0.25, 0.3) is 0 Å². The molecule has 0 bridgehead atoms. The van der Waals surface area contributed by atoms with Crippen molar-refractivity contribution in [3.8, 4) is 6.07 Å². The van der Waals surface area contributed by atoms with E-state index in [1.807, 2.05) is 6.07 Å². The van der Waals surface area contributed by atoms with E-state index in [1.54, 1.807) is 38.1 Å². The fraction of sp³-hybridized carbons (Fsp3) is 0.462. The summed E-state index contributed by atoms with van der Waals surface area (Å²) in [5.74, 6) is -0.183. The largest absolute Gasteiger partial charge is 0.396 e. The van der Waals surface area contributed by atoms with Crippen LogP contribution in [0.15, 0.2) is 24.3 Å². The van der Waals surface area contributed by atoms with Gasteiger partial charge in [0.05, 0.1) is 17.4 Å². The molecular weight excluding hydrogens is 264 g/mol. The Morgan fingerprint density at radius 1 is 1.42 bits per heavy atom. The van der Waals surface area contributed by atoms with Crippen LogP contribution in [0, 0.1) is 11.3 Å². The molecule has 5 nitrogen and oxygen atoms in total. The van der Waals surface area contributed by atoms with Crippen molar-refractivity contribution >= 4 is 10.0 Å². The van der Waals surface area contributed by atoms with Crippen molar-refractivity contribution in [1.29, 1.82) is 5.26 Å². The van der Waals surface area contributed by atoms with Crippen molar-refractivity contribution in [3.05, 3.63) is 35.4 Å². The molecule has 0 fully saturated rings. The summed E-state index contributed by atoms with van der Waals surface area (Å²) in [6.07, 6.45) is 0.338. The first kappa shape index (κ1) is 15.6. The minimum atomic E-state index is -3.51. The molecule has 0 aliphatic carbocycles. The number of aliphatic hydroxyl groups is 1. The van der Waals surface area contributed by atoms with Crippen LogP contribution in [-0.4, -0.2) is 25.7 Å². The first-order valence-corrected chi connectivity index (χ1v) is 7.55. The summed E-state index contributed by atoms with van der Waals surface area (Å²) in [6.45, 7) is 3.35. The first-order chi connectivity index (χ1) is 8.78. The Morgan fingerprint density at radius 2 is 2.11 bits per heavy atom. The van der Waals surface area contributed by atoms with Crippen molar-refractivity contribution in [2.75, 3.05) is 6.61 Å². The molecule has 0 saturated carbocycles. The first-order valence-electron chi connectivity index (χ1n) is 5.89. The highest BCUT2D eigenvalue weighted by molar-refractivity contribution is 7.88. The lowest BCUT2D eigenvalue weighted by Crippen LogP contribution is -2.44. The van der Waals surface area contributed by atoms with Gasteiger partial charge in [-0.3, -0.25) is 0 Å². The second-order valence-corrected chi connectivity index (χ2v) is 6.75. The van der Waals surface area contributed by atoms with E-state index in [1.165, 1.54) is 0 Å². The predicted octanol–water partition coefficient (Wildman–Crippen LogP) is 1.14. The van der Waals surface area contributed by atoms with E-state index in [9.17, 15) is 8.42 Å². The number of nitriles is 1. The Balaban J connectivity index is 2.82. The molecule has 0 heterocycles. The van der Waals surface area contributed by atoms with Gasteiger partial charge in [-0.15, -0.1) is 0 Å². The maximum Gasteiger partial charge on any atom is 0.216 e. The molecule has 1 rings (SSSR count). The van der Waals surface area contributed by atoms with Gasteiger partial charge in [-0.1, -0.05) is 12.1 Å². The van der Waals surface area contributed by atoms with Crippen molar-refractivity contribution < 1.29 is 13.5 Å². The fourth-order valence-corrected chi connectivity index (χ4v) is 3.37. The quantitative estimate of drug-likeness (QED) is 0.818. The lowest BCUT2D eigenvalue weighted by Gasteiger charge is -2.25. The van der Waals surface area contributed by atoms with Gasteiger partial charge in [0.1, 0.15) is 0 Å². The summed E-state index contributed by atoms with van der Waals surface area (Å²) in [6, 6.07) is 8.47. The third-order valence-electron chi connectivity index (χ3n) is 2.58. The van der Waals surface area contributed by atoms with Crippen LogP contribution >= 0.6 is 0 Å². The number of hydrogen-bond donors (Lipinski definition) is 2. The molecule has 0 aromatic heterocycles. The average molecular weight is 282 g/mol. The summed E-state index contributed by atoms with van der Waals surface area (Å²) in [5, 5.41) is 17.7. The molecule has 19 heavy (non-hydrogen) atoms. The lowest BCUT2D eigenvalue weighted by atomic mass is 10.0. The fourth-order valence-electron chi connectivity index (χ4n) is 1.74. The summed E-state index contributed by atoms with van der Waals surface area (Å²) >= 11 is 0. The monoisotopic (exact) mass is 282 g/mol. The molecular formula is C13H18N2O3S. The van der Waals surface area contributed by atoms with Crippen LogP contribution in [0.5, 0.6) is 0 Å². The van der Waals surface area contributed by atoms with E-state index in [-0.39, 0.29) is 12.4 Å². The zero-order valence-electron chi connectivity index (χ0n) is 11.0. The second kappa shape index (κ2) is 6.15. The molecule has 0 spiro atoms. The summed E-state index contributed by atoms with van der Waals surface area (Å²) in [7, 11) is -3.51. The molecule has 6 heteroatoms. The number of nitrogens with zero attached hydrogens (tertiary/aromatic N) is 1. The summed E-state index contributed by atoms with van der Waals surface area (Å²) in [4.78, 5) is 0. The molecule has 0 radical (unpaired) electrons. The van der Waals surface area contributed by atoms with Crippen LogP contribution in [0.1, 0.15) is 31.4 Å². The van der Waals surface area contributed by atoms with Gasteiger partial charge in [0.2, 0.25) is 10.0 Å². The third-order valence-corrected chi connectivity index (χ3v) is 4.16. The third kappa shape index (κ3) is 5.39. The Kier molecular flexibility index (Phi) is 5.06. The van der Waals surface area contributed by atoms with Crippen molar-refractivity contribution in [2.24, 2.45) is 0 Å². The summed E-state index contributed by atoms with van der Waals surface area (Å²) in [5.41, 5.74) is 0.300. The van der Waals surface area contributed by atoms with Crippen molar-refractivity contribution in [3.63, 3.8) is 0 Å². The predicted molar refractivity (Wildman–Crippen MR) is 72.7 cm³/mol. The van der Waals surface area contributed by atoms with Crippen LogP contribution in [0.4, 0.5) is 0 Å². The van der Waals surface area contributed by atoms with Crippen LogP contribution in [0.25, 0.3) is 0 Å². The number of aliphatic hydroxyl groups excluding tert-OH is 1. The molecule has 0 atom stereocenters. The highest BCUT2D eigenvalue weighted by Crippen LogP contribution is 2.13.